The molecule has 0 aliphatic carbocycles. The zero-order chi connectivity index (χ0) is 18.3. The molecule has 1 rings (SSSR count). The summed E-state index contributed by atoms with van der Waals surface area (Å²) in [5, 5.41) is 8.71. The second-order valence-electron chi connectivity index (χ2n) is 5.52. The van der Waals surface area contributed by atoms with Crippen molar-refractivity contribution in [2.24, 2.45) is 0 Å². The first kappa shape index (κ1) is 19.8. The number of halogens is 3. The number of carbonyl (C=O) groups is 2. The summed E-state index contributed by atoms with van der Waals surface area (Å²) in [7, 11) is 0. The van der Waals surface area contributed by atoms with Crippen LogP contribution in [0.3, 0.4) is 0 Å². The lowest BCUT2D eigenvalue weighted by Gasteiger charge is -2.26. The van der Waals surface area contributed by atoms with Crippen LogP contribution in [0, 0.1) is 0 Å². The highest BCUT2D eigenvalue weighted by Gasteiger charge is 2.30. The van der Waals surface area contributed by atoms with Crippen LogP contribution in [0.4, 0.5) is 13.2 Å². The zero-order valence-corrected chi connectivity index (χ0v) is 13.5. The number of aliphatic carboxylic acids is 1. The molecule has 24 heavy (non-hydrogen) atoms. The van der Waals surface area contributed by atoms with Gasteiger partial charge in [0.05, 0.1) is 6.42 Å². The lowest BCUT2D eigenvalue weighted by atomic mass is 10.1. The second-order valence-corrected chi connectivity index (χ2v) is 5.52. The minimum Gasteiger partial charge on any atom is -0.481 e. The summed E-state index contributed by atoms with van der Waals surface area (Å²) in [5.41, 5.74) is 0.694. The minimum atomic E-state index is -4.74. The van der Waals surface area contributed by atoms with Gasteiger partial charge in [-0.2, -0.15) is 0 Å². The van der Waals surface area contributed by atoms with Gasteiger partial charge in [-0.05, 0) is 38.0 Å². The summed E-state index contributed by atoms with van der Waals surface area (Å²) in [6.45, 7) is 3.72. The van der Waals surface area contributed by atoms with Gasteiger partial charge in [0.2, 0.25) is 5.91 Å². The molecule has 1 amide bonds. The van der Waals surface area contributed by atoms with Gasteiger partial charge in [0.25, 0.3) is 0 Å². The third-order valence-corrected chi connectivity index (χ3v) is 3.29. The summed E-state index contributed by atoms with van der Waals surface area (Å²) in [4.78, 5) is 24.3. The first-order chi connectivity index (χ1) is 11.1. The Balaban J connectivity index is 2.57. The van der Waals surface area contributed by atoms with Crippen molar-refractivity contribution in [3.8, 4) is 5.75 Å². The van der Waals surface area contributed by atoms with E-state index in [1.54, 1.807) is 13.8 Å². The Morgan fingerprint density at radius 3 is 2.21 bits per heavy atom. The van der Waals surface area contributed by atoms with Crippen LogP contribution in [0.5, 0.6) is 5.75 Å². The summed E-state index contributed by atoms with van der Waals surface area (Å²) >= 11 is 0. The molecule has 0 atom stereocenters. The third kappa shape index (κ3) is 7.34. The van der Waals surface area contributed by atoms with Crippen molar-refractivity contribution in [2.45, 2.75) is 45.5 Å². The normalized spacial score (nSPS) is 11.4. The number of carboxylic acids is 1. The molecule has 0 radical (unpaired) electrons. The van der Waals surface area contributed by atoms with Crippen LogP contribution in [0.25, 0.3) is 0 Å². The zero-order valence-electron chi connectivity index (χ0n) is 13.5. The van der Waals surface area contributed by atoms with Crippen LogP contribution in [-0.4, -0.2) is 40.8 Å². The number of ether oxygens (including phenoxy) is 1. The summed E-state index contributed by atoms with van der Waals surface area (Å²) in [6.07, 6.45) is -4.37. The Morgan fingerprint density at radius 1 is 1.17 bits per heavy atom. The number of carboxylic acid groups (broad SMARTS) is 1. The highest BCUT2D eigenvalue weighted by atomic mass is 19.4. The molecule has 5 nitrogen and oxygen atoms in total. The molecule has 0 aliphatic heterocycles. The Labute approximate surface area is 138 Å². The number of carbonyl (C=O) groups excluding carboxylic acids is 1. The van der Waals surface area contributed by atoms with E-state index >= 15 is 0 Å². The molecule has 134 valence electrons. The van der Waals surface area contributed by atoms with Crippen molar-refractivity contribution >= 4 is 11.9 Å². The van der Waals surface area contributed by atoms with E-state index in [1.165, 1.54) is 29.2 Å². The number of hydrogen-bond acceptors (Lipinski definition) is 3. The fourth-order valence-electron chi connectivity index (χ4n) is 2.14. The standard InChI is InChI=1S/C16H20F3NO4/c1-11(2)20(10-9-15(22)23)14(21)8-5-12-3-6-13(7-4-12)24-16(17,18)19/h3-4,6-7,11H,5,8-10H2,1-2H3,(H,22,23). The molecule has 8 heteroatoms. The predicted molar refractivity (Wildman–Crippen MR) is 80.5 cm³/mol. The van der Waals surface area contributed by atoms with Crippen molar-refractivity contribution in [2.75, 3.05) is 6.54 Å². The minimum absolute atomic E-state index is 0.126. The molecule has 0 unspecified atom stereocenters. The summed E-state index contributed by atoms with van der Waals surface area (Å²) < 4.78 is 40.0. The molecule has 0 bridgehead atoms. The van der Waals surface area contributed by atoms with E-state index in [0.717, 1.165) is 0 Å². The first-order valence-electron chi connectivity index (χ1n) is 7.44. The number of hydrogen-bond donors (Lipinski definition) is 1. The molecule has 0 spiro atoms. The Kier molecular flexibility index (Phi) is 7.06. The Morgan fingerprint density at radius 2 is 1.75 bits per heavy atom. The number of aryl methyl sites for hydroxylation is 1. The monoisotopic (exact) mass is 347 g/mol. The van der Waals surface area contributed by atoms with Crippen molar-refractivity contribution in [1.82, 2.24) is 4.90 Å². The van der Waals surface area contributed by atoms with Gasteiger partial charge in [-0.3, -0.25) is 9.59 Å². The molecular formula is C16H20F3NO4. The van der Waals surface area contributed by atoms with Crippen LogP contribution < -0.4 is 4.74 Å². The third-order valence-electron chi connectivity index (χ3n) is 3.29. The number of nitrogens with zero attached hydrogens (tertiary/aromatic N) is 1. The fraction of sp³-hybridized carbons (Fsp3) is 0.500. The SMILES string of the molecule is CC(C)N(CCC(=O)O)C(=O)CCc1ccc(OC(F)(F)F)cc1. The molecule has 0 heterocycles. The molecule has 0 saturated carbocycles. The van der Waals surface area contributed by atoms with Crippen molar-refractivity contribution in [1.29, 1.82) is 0 Å². The molecule has 1 aromatic rings. The highest BCUT2D eigenvalue weighted by Crippen LogP contribution is 2.23. The van der Waals surface area contributed by atoms with E-state index in [2.05, 4.69) is 4.74 Å². The maximum Gasteiger partial charge on any atom is 0.573 e. The number of benzene rings is 1. The Hall–Kier alpha value is -2.25. The van der Waals surface area contributed by atoms with Crippen LogP contribution in [0.2, 0.25) is 0 Å². The van der Waals surface area contributed by atoms with Gasteiger partial charge in [0.1, 0.15) is 5.75 Å². The van der Waals surface area contributed by atoms with Gasteiger partial charge < -0.3 is 14.7 Å². The molecule has 1 N–H and O–H groups in total. The van der Waals surface area contributed by atoms with Gasteiger partial charge in [-0.15, -0.1) is 13.2 Å². The smallest absolute Gasteiger partial charge is 0.481 e. The van der Waals surface area contributed by atoms with Crippen LogP contribution in [0.1, 0.15) is 32.3 Å². The van der Waals surface area contributed by atoms with Gasteiger partial charge in [0, 0.05) is 19.0 Å². The van der Waals surface area contributed by atoms with E-state index in [9.17, 15) is 22.8 Å². The molecule has 0 fully saturated rings. The van der Waals surface area contributed by atoms with Crippen molar-refractivity contribution in [3.63, 3.8) is 0 Å². The number of rotatable bonds is 8. The topological polar surface area (TPSA) is 66.8 Å². The van der Waals surface area contributed by atoms with Crippen LogP contribution >= 0.6 is 0 Å². The molecule has 1 aromatic carbocycles. The molecular weight excluding hydrogens is 327 g/mol. The van der Waals surface area contributed by atoms with Crippen LogP contribution in [-0.2, 0) is 16.0 Å². The lowest BCUT2D eigenvalue weighted by molar-refractivity contribution is -0.274. The van der Waals surface area contributed by atoms with Crippen molar-refractivity contribution < 1.29 is 32.6 Å². The second kappa shape index (κ2) is 8.56. The van der Waals surface area contributed by atoms with Crippen molar-refractivity contribution in [3.05, 3.63) is 29.8 Å². The Bertz CT molecular complexity index is 555. The van der Waals surface area contributed by atoms with E-state index in [4.69, 9.17) is 5.11 Å². The van der Waals surface area contributed by atoms with Gasteiger partial charge in [-0.1, -0.05) is 12.1 Å². The van der Waals surface area contributed by atoms with E-state index in [0.29, 0.717) is 12.0 Å². The maximum atomic E-state index is 12.2. The number of amides is 1. The van der Waals surface area contributed by atoms with Gasteiger partial charge in [-0.25, -0.2) is 0 Å². The quantitative estimate of drug-likeness (QED) is 0.784. The van der Waals surface area contributed by atoms with E-state index in [-0.39, 0.29) is 37.1 Å². The van der Waals surface area contributed by atoms with Gasteiger partial charge in [0.15, 0.2) is 0 Å². The van der Waals surface area contributed by atoms with Crippen LogP contribution in [0.15, 0.2) is 24.3 Å². The fourth-order valence-corrected chi connectivity index (χ4v) is 2.14. The van der Waals surface area contributed by atoms with E-state index < -0.39 is 12.3 Å². The van der Waals surface area contributed by atoms with E-state index in [1.807, 2.05) is 0 Å². The maximum absolute atomic E-state index is 12.2. The largest absolute Gasteiger partial charge is 0.573 e. The average Bonchev–Trinajstić information content (AvgIpc) is 2.44. The first-order valence-corrected chi connectivity index (χ1v) is 7.44. The molecule has 0 aromatic heterocycles. The number of alkyl halides is 3. The average molecular weight is 347 g/mol. The lowest BCUT2D eigenvalue weighted by Crippen LogP contribution is -2.38. The predicted octanol–water partition coefficient (Wildman–Crippen LogP) is 3.23. The molecule has 0 saturated heterocycles. The summed E-state index contributed by atoms with van der Waals surface area (Å²) in [5.74, 6) is -1.49. The summed E-state index contributed by atoms with van der Waals surface area (Å²) in [6, 6.07) is 5.19. The van der Waals surface area contributed by atoms with Gasteiger partial charge >= 0.3 is 12.3 Å². The highest BCUT2D eigenvalue weighted by molar-refractivity contribution is 5.77. The molecule has 0 aliphatic rings.